The number of carboxylic acid groups (broad SMARTS) is 2. The van der Waals surface area contributed by atoms with Crippen LogP contribution in [0.1, 0.15) is 39.5 Å². The van der Waals surface area contributed by atoms with Crippen LogP contribution in [0.25, 0.3) is 0 Å². The first-order chi connectivity index (χ1) is 10.9. The standard InChI is InChI=1S/C10H16O9Si.C4H10/c1-20(2,3)19-10(17-8(15)4-6(11)12)18-9(16)5-7(13)14;1-3-4-2/h10H,4-5H2,1-3H3,(H,11,12)(H,13,14);3-4H2,1-2H3. The van der Waals surface area contributed by atoms with E-state index in [1.807, 2.05) is 0 Å². The summed E-state index contributed by atoms with van der Waals surface area (Å²) in [6.07, 6.45) is 0.782. The van der Waals surface area contributed by atoms with Crippen molar-refractivity contribution in [3.63, 3.8) is 0 Å². The van der Waals surface area contributed by atoms with E-state index in [0.717, 1.165) is 0 Å². The summed E-state index contributed by atoms with van der Waals surface area (Å²) < 4.78 is 14.3. The molecule has 0 aliphatic carbocycles. The first-order valence-corrected chi connectivity index (χ1v) is 10.8. The van der Waals surface area contributed by atoms with Crippen molar-refractivity contribution in [1.29, 1.82) is 0 Å². The second-order valence-electron chi connectivity index (χ2n) is 5.64. The quantitative estimate of drug-likeness (QED) is 0.271. The number of hydrogen-bond donors (Lipinski definition) is 2. The monoisotopic (exact) mass is 366 g/mol. The third-order valence-corrected chi connectivity index (χ3v) is 2.90. The molecule has 0 radical (unpaired) electrons. The Kier molecular flexibility index (Phi) is 12.6. The molecule has 0 aliphatic heterocycles. The lowest BCUT2D eigenvalue weighted by atomic mass is 10.4. The van der Waals surface area contributed by atoms with E-state index < -0.39 is 51.5 Å². The van der Waals surface area contributed by atoms with E-state index in [2.05, 4.69) is 23.3 Å². The van der Waals surface area contributed by atoms with Crippen LogP contribution >= 0.6 is 0 Å². The number of hydrogen-bond acceptors (Lipinski definition) is 7. The molecule has 0 aromatic carbocycles. The zero-order valence-corrected chi connectivity index (χ0v) is 15.7. The number of carboxylic acids is 2. The van der Waals surface area contributed by atoms with E-state index in [0.29, 0.717) is 0 Å². The third-order valence-electron chi connectivity index (χ3n) is 2.00. The number of rotatable bonds is 9. The molecule has 0 saturated heterocycles. The van der Waals surface area contributed by atoms with Crippen molar-refractivity contribution in [2.75, 3.05) is 0 Å². The van der Waals surface area contributed by atoms with Crippen molar-refractivity contribution in [2.24, 2.45) is 0 Å². The van der Waals surface area contributed by atoms with Crippen LogP contribution in [0, 0.1) is 0 Å². The molecule has 10 heteroatoms. The van der Waals surface area contributed by atoms with Gasteiger partial charge in [0.15, 0.2) is 8.32 Å². The second kappa shape index (κ2) is 12.5. The molecule has 0 rings (SSSR count). The fourth-order valence-electron chi connectivity index (χ4n) is 0.906. The Bertz CT molecular complexity index is 396. The maximum absolute atomic E-state index is 11.2. The van der Waals surface area contributed by atoms with E-state index >= 15 is 0 Å². The smallest absolute Gasteiger partial charge is 0.355 e. The fourth-order valence-corrected chi connectivity index (χ4v) is 1.58. The molecule has 2 N–H and O–H groups in total. The van der Waals surface area contributed by atoms with Gasteiger partial charge in [0.2, 0.25) is 0 Å². The van der Waals surface area contributed by atoms with Crippen LogP contribution < -0.4 is 0 Å². The van der Waals surface area contributed by atoms with Crippen LogP contribution in [-0.4, -0.2) is 48.9 Å². The Morgan fingerprint density at radius 1 is 0.833 bits per heavy atom. The predicted molar refractivity (Wildman–Crippen MR) is 85.5 cm³/mol. The number of esters is 2. The van der Waals surface area contributed by atoms with E-state index in [-0.39, 0.29) is 0 Å². The van der Waals surface area contributed by atoms with Gasteiger partial charge < -0.3 is 24.1 Å². The molecular formula is C14H26O9Si. The van der Waals surface area contributed by atoms with Gasteiger partial charge >= 0.3 is 30.4 Å². The molecule has 140 valence electrons. The maximum atomic E-state index is 11.2. The molecule has 0 aliphatic rings. The fraction of sp³-hybridized carbons (Fsp3) is 0.714. The topological polar surface area (TPSA) is 136 Å². The van der Waals surface area contributed by atoms with Gasteiger partial charge in [0.1, 0.15) is 12.8 Å². The largest absolute Gasteiger partial charge is 0.481 e. The highest BCUT2D eigenvalue weighted by Gasteiger charge is 2.28. The summed E-state index contributed by atoms with van der Waals surface area (Å²) in [5, 5.41) is 16.8. The molecule has 0 atom stereocenters. The molecule has 9 nitrogen and oxygen atoms in total. The molecule has 0 spiro atoms. The van der Waals surface area contributed by atoms with Gasteiger partial charge in [0.25, 0.3) is 0 Å². The van der Waals surface area contributed by atoms with Crippen LogP contribution in [0.15, 0.2) is 0 Å². The molecule has 0 bridgehead atoms. The summed E-state index contributed by atoms with van der Waals surface area (Å²) in [4.78, 5) is 43.0. The van der Waals surface area contributed by atoms with Gasteiger partial charge in [-0.1, -0.05) is 26.7 Å². The van der Waals surface area contributed by atoms with Gasteiger partial charge in [-0.25, -0.2) is 0 Å². The van der Waals surface area contributed by atoms with Gasteiger partial charge in [0, 0.05) is 0 Å². The summed E-state index contributed by atoms with van der Waals surface area (Å²) in [7, 11) is -2.28. The number of carbonyl (C=O) groups is 4. The average molecular weight is 366 g/mol. The first-order valence-electron chi connectivity index (χ1n) is 7.41. The van der Waals surface area contributed by atoms with Gasteiger partial charge in [-0.2, -0.15) is 0 Å². The van der Waals surface area contributed by atoms with Crippen molar-refractivity contribution >= 4 is 32.2 Å². The Labute approximate surface area is 142 Å². The second-order valence-corrected chi connectivity index (χ2v) is 10.1. The van der Waals surface area contributed by atoms with E-state index in [1.165, 1.54) is 12.8 Å². The highest BCUT2D eigenvalue weighted by atomic mass is 28.4. The number of aliphatic carboxylic acids is 2. The average Bonchev–Trinajstić information content (AvgIpc) is 2.34. The van der Waals surface area contributed by atoms with Crippen molar-refractivity contribution in [3.05, 3.63) is 0 Å². The minimum atomic E-state index is -2.28. The third kappa shape index (κ3) is 18.1. The Morgan fingerprint density at radius 2 is 1.17 bits per heavy atom. The summed E-state index contributed by atoms with van der Waals surface area (Å²) in [5.41, 5.74) is 0. The minimum Gasteiger partial charge on any atom is -0.481 e. The molecule has 0 saturated carbocycles. The summed E-state index contributed by atoms with van der Waals surface area (Å²) in [6.45, 7) is 7.72. The molecule has 0 fully saturated rings. The minimum absolute atomic E-state index is 0.929. The first kappa shape index (κ1) is 24.3. The Hall–Kier alpha value is -1.94. The van der Waals surface area contributed by atoms with Crippen LogP contribution in [0.4, 0.5) is 0 Å². The zero-order valence-electron chi connectivity index (χ0n) is 14.7. The highest BCUT2D eigenvalue weighted by molar-refractivity contribution is 6.69. The summed E-state index contributed by atoms with van der Waals surface area (Å²) in [5.74, 6) is -5.16. The lowest BCUT2D eigenvalue weighted by Crippen LogP contribution is -2.38. The van der Waals surface area contributed by atoms with Gasteiger partial charge in [-0.3, -0.25) is 19.2 Å². The van der Waals surface area contributed by atoms with Crippen LogP contribution in [-0.2, 0) is 33.1 Å². The maximum Gasteiger partial charge on any atom is 0.355 e. The van der Waals surface area contributed by atoms with E-state index in [4.69, 9.17) is 14.6 Å². The molecule has 0 heterocycles. The zero-order chi connectivity index (χ0) is 19.3. The lowest BCUT2D eigenvalue weighted by Gasteiger charge is -2.24. The molecule has 0 unspecified atom stereocenters. The Morgan fingerprint density at radius 3 is 1.38 bits per heavy atom. The van der Waals surface area contributed by atoms with E-state index in [1.54, 1.807) is 19.6 Å². The molecular weight excluding hydrogens is 340 g/mol. The van der Waals surface area contributed by atoms with Gasteiger partial charge in [-0.05, 0) is 19.6 Å². The van der Waals surface area contributed by atoms with Crippen LogP contribution in [0.3, 0.4) is 0 Å². The van der Waals surface area contributed by atoms with Gasteiger partial charge in [0.05, 0.1) is 0 Å². The summed E-state index contributed by atoms with van der Waals surface area (Å²) in [6, 6.07) is 0. The highest BCUT2D eigenvalue weighted by Crippen LogP contribution is 2.11. The molecule has 0 amide bonds. The van der Waals surface area contributed by atoms with Gasteiger partial charge in [-0.15, -0.1) is 0 Å². The SMILES string of the molecule is CCCC.C[Si](C)(C)OC(OC(=O)CC(=O)O)OC(=O)CC(=O)O. The van der Waals surface area contributed by atoms with Crippen molar-refractivity contribution in [1.82, 2.24) is 0 Å². The normalized spacial score (nSPS) is 10.4. The molecule has 0 aromatic heterocycles. The number of carbonyl (C=O) groups excluding carboxylic acids is 2. The van der Waals surface area contributed by atoms with Crippen LogP contribution in [0.5, 0.6) is 0 Å². The van der Waals surface area contributed by atoms with Crippen molar-refractivity contribution in [3.8, 4) is 0 Å². The van der Waals surface area contributed by atoms with Crippen molar-refractivity contribution in [2.45, 2.75) is 65.6 Å². The Balaban J connectivity index is 0. The van der Waals surface area contributed by atoms with E-state index in [9.17, 15) is 19.2 Å². The lowest BCUT2D eigenvalue weighted by molar-refractivity contribution is -0.238. The van der Waals surface area contributed by atoms with Crippen molar-refractivity contribution < 1.29 is 43.3 Å². The predicted octanol–water partition coefficient (Wildman–Crippen LogP) is 1.96. The molecule has 0 aromatic rings. The number of ether oxygens (including phenoxy) is 2. The van der Waals surface area contributed by atoms with Crippen LogP contribution in [0.2, 0.25) is 19.6 Å². The molecule has 24 heavy (non-hydrogen) atoms. The summed E-state index contributed by atoms with van der Waals surface area (Å²) >= 11 is 0. The number of unbranched alkanes of at least 4 members (excludes halogenated alkanes) is 1.